The van der Waals surface area contributed by atoms with Gasteiger partial charge >= 0.3 is 6.03 Å². The van der Waals surface area contributed by atoms with Gasteiger partial charge in [0.25, 0.3) is 0 Å². The van der Waals surface area contributed by atoms with Gasteiger partial charge in [0.2, 0.25) is 0 Å². The molecule has 0 atom stereocenters. The van der Waals surface area contributed by atoms with Crippen LogP contribution in [0.25, 0.3) is 10.6 Å². The van der Waals surface area contributed by atoms with E-state index in [4.69, 9.17) is 14.6 Å². The number of rotatable bonds is 2. The molecule has 0 unspecified atom stereocenters. The number of aromatic nitrogens is 2. The molecule has 1 aromatic carbocycles. The summed E-state index contributed by atoms with van der Waals surface area (Å²) in [6.07, 6.45) is 0.868. The maximum absolute atomic E-state index is 12.8. The van der Waals surface area contributed by atoms with Crippen molar-refractivity contribution in [3.05, 3.63) is 47.5 Å². The van der Waals surface area contributed by atoms with Crippen molar-refractivity contribution < 1.29 is 14.3 Å². The normalized spacial score (nSPS) is 15.6. The monoisotopic (exact) mass is 396 g/mol. The fraction of sp³-hybridized carbons (Fsp3) is 0.300. The highest BCUT2D eigenvalue weighted by atomic mass is 32.1. The third-order valence-corrected chi connectivity index (χ3v) is 5.76. The number of urea groups is 1. The molecular formula is C20H20N4O3S. The van der Waals surface area contributed by atoms with Crippen LogP contribution in [-0.2, 0) is 13.1 Å². The van der Waals surface area contributed by atoms with Crippen molar-refractivity contribution in [2.75, 3.05) is 25.1 Å². The van der Waals surface area contributed by atoms with E-state index in [1.165, 1.54) is 0 Å². The molecule has 7 nitrogen and oxygen atoms in total. The molecule has 1 N–H and O–H groups in total. The summed E-state index contributed by atoms with van der Waals surface area (Å²) in [6.45, 7) is 3.11. The van der Waals surface area contributed by atoms with E-state index >= 15 is 0 Å². The minimum atomic E-state index is -0.121. The van der Waals surface area contributed by atoms with Gasteiger partial charge in [0.15, 0.2) is 11.5 Å². The summed E-state index contributed by atoms with van der Waals surface area (Å²) < 4.78 is 13.1. The number of ether oxygens (including phenoxy) is 2. The van der Waals surface area contributed by atoms with E-state index in [1.807, 2.05) is 39.2 Å². The van der Waals surface area contributed by atoms with Gasteiger partial charge in [-0.1, -0.05) is 6.07 Å². The van der Waals surface area contributed by atoms with Crippen LogP contribution < -0.4 is 14.8 Å². The number of hydrogen-bond donors (Lipinski definition) is 1. The summed E-state index contributed by atoms with van der Waals surface area (Å²) in [4.78, 5) is 15.8. The molecular weight excluding hydrogens is 376 g/mol. The van der Waals surface area contributed by atoms with Crippen LogP contribution in [-0.4, -0.2) is 40.5 Å². The zero-order valence-electron chi connectivity index (χ0n) is 15.3. The second kappa shape index (κ2) is 7.20. The van der Waals surface area contributed by atoms with Crippen molar-refractivity contribution in [2.45, 2.75) is 19.5 Å². The highest BCUT2D eigenvalue weighted by Gasteiger charge is 2.22. The molecule has 0 aliphatic carbocycles. The first-order valence-electron chi connectivity index (χ1n) is 9.32. The molecule has 2 aliphatic rings. The lowest BCUT2D eigenvalue weighted by molar-refractivity contribution is 0.171. The van der Waals surface area contributed by atoms with Crippen LogP contribution in [0.3, 0.4) is 0 Å². The van der Waals surface area contributed by atoms with E-state index in [0.29, 0.717) is 43.5 Å². The first-order valence-corrected chi connectivity index (χ1v) is 10.2. The van der Waals surface area contributed by atoms with Gasteiger partial charge in [-0.05, 0) is 36.1 Å². The Labute approximate surface area is 166 Å². The third kappa shape index (κ3) is 3.31. The Morgan fingerprint density at radius 1 is 1.11 bits per heavy atom. The predicted molar refractivity (Wildman–Crippen MR) is 107 cm³/mol. The highest BCUT2D eigenvalue weighted by Crippen LogP contribution is 2.33. The van der Waals surface area contributed by atoms with Crippen LogP contribution in [0.5, 0.6) is 11.5 Å². The number of benzene rings is 1. The van der Waals surface area contributed by atoms with Crippen LogP contribution >= 0.6 is 11.3 Å². The molecule has 0 fully saturated rings. The molecule has 4 heterocycles. The second-order valence-corrected chi connectivity index (χ2v) is 7.73. The topological polar surface area (TPSA) is 68.6 Å². The molecule has 0 radical (unpaired) electrons. The summed E-state index contributed by atoms with van der Waals surface area (Å²) in [5.41, 5.74) is 2.73. The lowest BCUT2D eigenvalue weighted by Gasteiger charge is -2.22. The van der Waals surface area contributed by atoms with Gasteiger partial charge in [-0.15, -0.1) is 11.3 Å². The van der Waals surface area contributed by atoms with Crippen molar-refractivity contribution in [2.24, 2.45) is 0 Å². The SMILES string of the molecule is O=C(Nc1ccc2c(c1)OCCO2)N1CCCn2nc(-c3cccs3)cc2C1. The van der Waals surface area contributed by atoms with Gasteiger partial charge in [-0.3, -0.25) is 4.68 Å². The molecule has 8 heteroatoms. The van der Waals surface area contributed by atoms with Gasteiger partial charge in [0, 0.05) is 24.8 Å². The number of carbonyl (C=O) groups excluding carboxylic acids is 1. The molecule has 2 amide bonds. The van der Waals surface area contributed by atoms with Gasteiger partial charge < -0.3 is 19.7 Å². The van der Waals surface area contributed by atoms with Crippen molar-refractivity contribution in [3.8, 4) is 22.1 Å². The van der Waals surface area contributed by atoms with Crippen molar-refractivity contribution >= 4 is 23.1 Å². The molecule has 144 valence electrons. The lowest BCUT2D eigenvalue weighted by atomic mass is 10.2. The van der Waals surface area contributed by atoms with Crippen molar-refractivity contribution in [3.63, 3.8) is 0 Å². The largest absolute Gasteiger partial charge is 0.486 e. The number of nitrogens with zero attached hydrogens (tertiary/aromatic N) is 3. The zero-order valence-corrected chi connectivity index (χ0v) is 16.1. The Morgan fingerprint density at radius 3 is 2.86 bits per heavy atom. The molecule has 3 aromatic rings. The molecule has 0 saturated heterocycles. The Hall–Kier alpha value is -3.00. The smallest absolute Gasteiger partial charge is 0.322 e. The van der Waals surface area contributed by atoms with E-state index in [2.05, 4.69) is 17.4 Å². The maximum Gasteiger partial charge on any atom is 0.322 e. The fourth-order valence-corrected chi connectivity index (χ4v) is 4.19. The van der Waals surface area contributed by atoms with Crippen LogP contribution in [0.1, 0.15) is 12.1 Å². The van der Waals surface area contributed by atoms with Gasteiger partial charge in [-0.2, -0.15) is 5.10 Å². The third-order valence-electron chi connectivity index (χ3n) is 4.87. The number of fused-ring (bicyclic) bond motifs is 2. The maximum atomic E-state index is 12.8. The molecule has 28 heavy (non-hydrogen) atoms. The van der Waals surface area contributed by atoms with Crippen LogP contribution in [0.4, 0.5) is 10.5 Å². The van der Waals surface area contributed by atoms with E-state index < -0.39 is 0 Å². The summed E-state index contributed by atoms with van der Waals surface area (Å²) in [5.74, 6) is 1.38. The van der Waals surface area contributed by atoms with E-state index in [9.17, 15) is 4.79 Å². The Kier molecular flexibility index (Phi) is 4.40. The van der Waals surface area contributed by atoms with Gasteiger partial charge in [0.1, 0.15) is 18.9 Å². The predicted octanol–water partition coefficient (Wildman–Crippen LogP) is 3.82. The quantitative estimate of drug-likeness (QED) is 0.715. The minimum absolute atomic E-state index is 0.121. The average molecular weight is 396 g/mol. The number of carbonyl (C=O) groups is 1. The van der Waals surface area contributed by atoms with Crippen molar-refractivity contribution in [1.29, 1.82) is 0 Å². The number of thiophene rings is 1. The lowest BCUT2D eigenvalue weighted by Crippen LogP contribution is -2.34. The molecule has 5 rings (SSSR count). The average Bonchev–Trinajstić information content (AvgIpc) is 3.34. The zero-order chi connectivity index (χ0) is 18.9. The van der Waals surface area contributed by atoms with Crippen LogP contribution in [0.15, 0.2) is 41.8 Å². The first kappa shape index (κ1) is 17.1. The summed E-state index contributed by atoms with van der Waals surface area (Å²) in [5, 5.41) is 9.74. The molecule has 2 aromatic heterocycles. The van der Waals surface area contributed by atoms with E-state index in [-0.39, 0.29) is 6.03 Å². The van der Waals surface area contributed by atoms with Crippen LogP contribution in [0.2, 0.25) is 0 Å². The Balaban J connectivity index is 1.32. The molecule has 0 saturated carbocycles. The Morgan fingerprint density at radius 2 is 2.00 bits per heavy atom. The fourth-order valence-electron chi connectivity index (χ4n) is 3.50. The number of aryl methyl sites for hydroxylation is 1. The summed E-state index contributed by atoms with van der Waals surface area (Å²) in [6, 6.07) is 11.5. The van der Waals surface area contributed by atoms with Crippen molar-refractivity contribution in [1.82, 2.24) is 14.7 Å². The number of amides is 2. The molecule has 0 spiro atoms. The Bertz CT molecular complexity index is 999. The van der Waals surface area contributed by atoms with Crippen LogP contribution in [0, 0.1) is 0 Å². The number of anilines is 1. The highest BCUT2D eigenvalue weighted by molar-refractivity contribution is 7.13. The van der Waals surface area contributed by atoms with E-state index in [0.717, 1.165) is 29.2 Å². The van der Waals surface area contributed by atoms with E-state index in [1.54, 1.807) is 11.3 Å². The van der Waals surface area contributed by atoms with Gasteiger partial charge in [-0.25, -0.2) is 4.79 Å². The number of nitrogens with one attached hydrogen (secondary N) is 1. The molecule has 0 bridgehead atoms. The second-order valence-electron chi connectivity index (χ2n) is 6.79. The summed E-state index contributed by atoms with van der Waals surface area (Å²) in [7, 11) is 0. The van der Waals surface area contributed by atoms with Gasteiger partial charge in [0.05, 0.1) is 17.1 Å². The summed E-state index contributed by atoms with van der Waals surface area (Å²) >= 11 is 1.67. The standard InChI is InChI=1S/C20H20N4O3S/c25-20(21-14-4-5-17-18(11-14)27-9-8-26-17)23-6-2-7-24-15(13-23)12-16(22-24)19-3-1-10-28-19/h1,3-5,10-12H,2,6-9,13H2,(H,21,25). The first-order chi connectivity index (χ1) is 13.8. The molecule has 2 aliphatic heterocycles. The number of hydrogen-bond acceptors (Lipinski definition) is 5. The minimum Gasteiger partial charge on any atom is -0.486 e.